The van der Waals surface area contributed by atoms with Crippen molar-refractivity contribution in [3.8, 4) is 0 Å². The molecule has 5 heteroatoms. The molecule has 0 fully saturated rings. The molecule has 0 aliphatic heterocycles. The molecule has 0 radical (unpaired) electrons. The molecule has 0 bridgehead atoms. The van der Waals surface area contributed by atoms with Gasteiger partial charge in [0, 0.05) is 5.56 Å². The Hall–Kier alpha value is -0.970. The Balaban J connectivity index is 3.31. The first-order valence-electron chi connectivity index (χ1n) is 2.96. The van der Waals surface area contributed by atoms with Gasteiger partial charge < -0.3 is 5.73 Å². The van der Waals surface area contributed by atoms with E-state index < -0.39 is 17.5 Å². The van der Waals surface area contributed by atoms with Gasteiger partial charge in [-0.3, -0.25) is 4.79 Å². The summed E-state index contributed by atoms with van der Waals surface area (Å²) in [5.74, 6) is -2.55. The largest absolute Gasteiger partial charge is 0.366 e. The van der Waals surface area contributed by atoms with Crippen LogP contribution < -0.4 is 5.73 Å². The molecule has 0 heterocycles. The minimum Gasteiger partial charge on any atom is -0.366 e. The minimum absolute atomic E-state index is 0.187. The highest BCUT2D eigenvalue weighted by atomic mass is 79.9. The van der Waals surface area contributed by atoms with E-state index >= 15 is 0 Å². The summed E-state index contributed by atoms with van der Waals surface area (Å²) in [5, 5.41) is 0. The van der Waals surface area contributed by atoms with Gasteiger partial charge in [-0.1, -0.05) is 0 Å². The SMILES string of the molecule is NC(=O)c1cc(F)c(Br)c(F)c1. The number of hydrogen-bond acceptors (Lipinski definition) is 1. The van der Waals surface area contributed by atoms with E-state index in [-0.39, 0.29) is 10.0 Å². The van der Waals surface area contributed by atoms with Crippen molar-refractivity contribution in [1.82, 2.24) is 0 Å². The molecule has 64 valence electrons. The second-order valence-corrected chi connectivity index (χ2v) is 2.91. The van der Waals surface area contributed by atoms with Crippen molar-refractivity contribution in [1.29, 1.82) is 0 Å². The monoisotopic (exact) mass is 235 g/mol. The Kier molecular flexibility index (Phi) is 2.42. The molecule has 0 aliphatic carbocycles. The predicted octanol–water partition coefficient (Wildman–Crippen LogP) is 1.83. The Morgan fingerprint density at radius 2 is 1.75 bits per heavy atom. The maximum absolute atomic E-state index is 12.7. The number of carbonyl (C=O) groups excluding carboxylic acids is 1. The summed E-state index contributed by atoms with van der Waals surface area (Å²) in [6.07, 6.45) is 0. The van der Waals surface area contributed by atoms with E-state index in [0.29, 0.717) is 0 Å². The second kappa shape index (κ2) is 3.18. The summed E-state index contributed by atoms with van der Waals surface area (Å²) in [5.41, 5.74) is 4.63. The maximum Gasteiger partial charge on any atom is 0.248 e. The van der Waals surface area contributed by atoms with Gasteiger partial charge in [0.15, 0.2) is 0 Å². The van der Waals surface area contributed by atoms with Crippen LogP contribution in [0.3, 0.4) is 0 Å². The van der Waals surface area contributed by atoms with Gasteiger partial charge in [0.1, 0.15) is 11.6 Å². The molecule has 0 saturated heterocycles. The van der Waals surface area contributed by atoms with Crippen LogP contribution in [0.25, 0.3) is 0 Å². The molecule has 1 aromatic rings. The fourth-order valence-corrected chi connectivity index (χ4v) is 0.927. The Labute approximate surface area is 75.5 Å². The predicted molar refractivity (Wildman–Crippen MR) is 42.6 cm³/mol. The summed E-state index contributed by atoms with van der Waals surface area (Å²) in [4.78, 5) is 10.5. The Morgan fingerprint density at radius 1 is 1.33 bits per heavy atom. The number of hydrogen-bond donors (Lipinski definition) is 1. The lowest BCUT2D eigenvalue weighted by atomic mass is 10.2. The van der Waals surface area contributed by atoms with Crippen molar-refractivity contribution >= 4 is 21.8 Å². The lowest BCUT2D eigenvalue weighted by Crippen LogP contribution is -2.11. The quantitative estimate of drug-likeness (QED) is 0.742. The number of primary amides is 1. The van der Waals surface area contributed by atoms with Gasteiger partial charge in [-0.05, 0) is 28.1 Å². The van der Waals surface area contributed by atoms with Crippen LogP contribution in [0.5, 0.6) is 0 Å². The molecule has 0 saturated carbocycles. The van der Waals surface area contributed by atoms with Crippen molar-refractivity contribution < 1.29 is 13.6 Å². The first-order chi connectivity index (χ1) is 5.52. The zero-order chi connectivity index (χ0) is 9.30. The van der Waals surface area contributed by atoms with Crippen molar-refractivity contribution in [2.24, 2.45) is 5.73 Å². The Morgan fingerprint density at radius 3 is 2.08 bits per heavy atom. The lowest BCUT2D eigenvalue weighted by molar-refractivity contribution is 0.0999. The van der Waals surface area contributed by atoms with E-state index in [9.17, 15) is 13.6 Å². The summed E-state index contributed by atoms with van der Waals surface area (Å²) in [6, 6.07) is 1.74. The van der Waals surface area contributed by atoms with Crippen molar-refractivity contribution in [2.75, 3.05) is 0 Å². The number of benzene rings is 1. The minimum atomic E-state index is -0.861. The van der Waals surface area contributed by atoms with Crippen molar-refractivity contribution in [2.45, 2.75) is 0 Å². The second-order valence-electron chi connectivity index (χ2n) is 2.12. The van der Waals surface area contributed by atoms with E-state index in [4.69, 9.17) is 5.73 Å². The number of halogens is 3. The van der Waals surface area contributed by atoms with Gasteiger partial charge in [-0.25, -0.2) is 8.78 Å². The fraction of sp³-hybridized carbons (Fsp3) is 0. The molecule has 2 N–H and O–H groups in total. The van der Waals surface area contributed by atoms with E-state index in [1.165, 1.54) is 0 Å². The van der Waals surface area contributed by atoms with E-state index in [0.717, 1.165) is 12.1 Å². The summed E-state index contributed by atoms with van der Waals surface area (Å²) in [7, 11) is 0. The Bertz CT molecular complexity index is 317. The van der Waals surface area contributed by atoms with Gasteiger partial charge in [0.2, 0.25) is 5.91 Å². The first kappa shape index (κ1) is 9.12. The molecule has 0 unspecified atom stereocenters. The normalized spacial score (nSPS) is 9.92. The van der Waals surface area contributed by atoms with E-state index in [2.05, 4.69) is 15.9 Å². The van der Waals surface area contributed by atoms with Crippen LogP contribution in [0, 0.1) is 11.6 Å². The average Bonchev–Trinajstić information content (AvgIpc) is 1.99. The zero-order valence-corrected chi connectivity index (χ0v) is 7.36. The summed E-state index contributed by atoms with van der Waals surface area (Å²) >= 11 is 2.66. The van der Waals surface area contributed by atoms with Gasteiger partial charge in [-0.15, -0.1) is 0 Å². The third-order valence-electron chi connectivity index (χ3n) is 1.27. The van der Waals surface area contributed by atoms with E-state index in [1.54, 1.807) is 0 Å². The highest BCUT2D eigenvalue weighted by molar-refractivity contribution is 9.10. The topological polar surface area (TPSA) is 43.1 Å². The van der Waals surface area contributed by atoms with Gasteiger partial charge in [0.25, 0.3) is 0 Å². The molecule has 1 amide bonds. The lowest BCUT2D eigenvalue weighted by Gasteiger charge is -1.99. The average molecular weight is 236 g/mol. The smallest absolute Gasteiger partial charge is 0.248 e. The van der Waals surface area contributed by atoms with Crippen LogP contribution in [-0.2, 0) is 0 Å². The maximum atomic E-state index is 12.7. The zero-order valence-electron chi connectivity index (χ0n) is 5.77. The van der Waals surface area contributed by atoms with Crippen LogP contribution in [0.15, 0.2) is 16.6 Å². The van der Waals surface area contributed by atoms with Gasteiger partial charge >= 0.3 is 0 Å². The molecule has 2 nitrogen and oxygen atoms in total. The van der Waals surface area contributed by atoms with Gasteiger partial charge in [0.05, 0.1) is 4.47 Å². The first-order valence-corrected chi connectivity index (χ1v) is 3.76. The third-order valence-corrected chi connectivity index (χ3v) is 2.03. The number of carbonyl (C=O) groups is 1. The molecule has 0 atom stereocenters. The molecule has 0 aromatic heterocycles. The number of nitrogens with two attached hydrogens (primary N) is 1. The summed E-state index contributed by atoms with van der Waals surface area (Å²) in [6.45, 7) is 0. The van der Waals surface area contributed by atoms with Crippen LogP contribution in [-0.4, -0.2) is 5.91 Å². The highest BCUT2D eigenvalue weighted by Crippen LogP contribution is 2.20. The standard InChI is InChI=1S/C7H4BrF2NO/c8-6-4(9)1-3(7(11)12)2-5(6)10/h1-2H,(H2,11,12). The number of amides is 1. The van der Waals surface area contributed by atoms with Gasteiger partial charge in [-0.2, -0.15) is 0 Å². The van der Waals surface area contributed by atoms with Crippen molar-refractivity contribution in [3.63, 3.8) is 0 Å². The van der Waals surface area contributed by atoms with E-state index in [1.807, 2.05) is 0 Å². The molecule has 1 rings (SSSR count). The molecular formula is C7H4BrF2NO. The molecule has 0 aliphatic rings. The third kappa shape index (κ3) is 1.61. The molecular weight excluding hydrogens is 232 g/mol. The molecule has 12 heavy (non-hydrogen) atoms. The molecule has 1 aromatic carbocycles. The van der Waals surface area contributed by atoms with Crippen LogP contribution in [0.4, 0.5) is 8.78 Å². The number of rotatable bonds is 1. The highest BCUT2D eigenvalue weighted by Gasteiger charge is 2.10. The molecule has 0 spiro atoms. The fourth-order valence-electron chi connectivity index (χ4n) is 0.698. The van der Waals surface area contributed by atoms with Crippen LogP contribution in [0.1, 0.15) is 10.4 Å². The van der Waals surface area contributed by atoms with Crippen LogP contribution in [0.2, 0.25) is 0 Å². The van der Waals surface area contributed by atoms with Crippen LogP contribution >= 0.6 is 15.9 Å². The van der Waals surface area contributed by atoms with Crippen molar-refractivity contribution in [3.05, 3.63) is 33.8 Å². The summed E-state index contributed by atoms with van der Waals surface area (Å²) < 4.78 is 25.1.